The Morgan fingerprint density at radius 3 is 2.83 bits per heavy atom. The zero-order chi connectivity index (χ0) is 12.8. The molecule has 1 aromatic rings. The van der Waals surface area contributed by atoms with E-state index < -0.39 is 0 Å². The molecule has 1 aliphatic heterocycles. The first kappa shape index (κ1) is 12.6. The Morgan fingerprint density at radius 2 is 2.17 bits per heavy atom. The molecule has 1 N–H and O–H groups in total. The van der Waals surface area contributed by atoms with Gasteiger partial charge in [0.1, 0.15) is 6.61 Å². The molecule has 1 aliphatic rings. The highest BCUT2D eigenvalue weighted by molar-refractivity contribution is 5.68. The molecule has 1 saturated heterocycles. The second-order valence-electron chi connectivity index (χ2n) is 4.33. The summed E-state index contributed by atoms with van der Waals surface area (Å²) in [6.07, 6.45) is 1.32. The van der Waals surface area contributed by atoms with Gasteiger partial charge in [-0.2, -0.15) is 0 Å². The molecular formula is C14H18N2O2. The lowest BCUT2D eigenvalue weighted by atomic mass is 10.1. The van der Waals surface area contributed by atoms with Crippen LogP contribution in [-0.2, 0) is 11.3 Å². The first-order valence-corrected chi connectivity index (χ1v) is 6.09. The average molecular weight is 246 g/mol. The molecule has 1 heterocycles. The van der Waals surface area contributed by atoms with E-state index in [0.717, 1.165) is 6.54 Å². The Hall–Kier alpha value is -1.81. The van der Waals surface area contributed by atoms with Gasteiger partial charge in [-0.1, -0.05) is 43.0 Å². The number of likely N-dealkylation sites (tertiary alicyclic amines) is 1. The van der Waals surface area contributed by atoms with Crippen molar-refractivity contribution in [2.75, 3.05) is 19.7 Å². The summed E-state index contributed by atoms with van der Waals surface area (Å²) in [7, 11) is 0. The lowest BCUT2D eigenvalue weighted by Gasteiger charge is -2.38. The Bertz CT molecular complexity index is 400. The molecule has 0 atom stereocenters. The van der Waals surface area contributed by atoms with E-state index in [1.165, 1.54) is 5.56 Å². The van der Waals surface area contributed by atoms with Crippen molar-refractivity contribution in [3.8, 4) is 0 Å². The molecule has 0 unspecified atom stereocenters. The number of benzene rings is 1. The summed E-state index contributed by atoms with van der Waals surface area (Å²) >= 11 is 0. The van der Waals surface area contributed by atoms with Crippen molar-refractivity contribution in [3.05, 3.63) is 48.6 Å². The third-order valence-corrected chi connectivity index (χ3v) is 2.90. The Balaban J connectivity index is 1.64. The van der Waals surface area contributed by atoms with Crippen LogP contribution in [0.5, 0.6) is 0 Å². The summed E-state index contributed by atoms with van der Waals surface area (Å²) in [6, 6.07) is 10.6. The molecule has 0 saturated carbocycles. The maximum Gasteiger partial charge on any atom is 0.410 e. The molecule has 4 heteroatoms. The zero-order valence-corrected chi connectivity index (χ0v) is 10.3. The molecule has 0 spiro atoms. The van der Waals surface area contributed by atoms with E-state index in [4.69, 9.17) is 4.74 Å². The number of carbonyl (C=O) groups is 1. The minimum atomic E-state index is -0.257. The predicted octanol–water partition coefficient (Wildman–Crippen LogP) is 1.78. The van der Waals surface area contributed by atoms with Crippen molar-refractivity contribution in [1.29, 1.82) is 0 Å². The number of hydrogen-bond acceptors (Lipinski definition) is 3. The van der Waals surface area contributed by atoms with Gasteiger partial charge in [-0.25, -0.2) is 4.79 Å². The summed E-state index contributed by atoms with van der Waals surface area (Å²) in [4.78, 5) is 13.1. The average Bonchev–Trinajstić information content (AvgIpc) is 2.35. The maximum absolute atomic E-state index is 11.4. The second kappa shape index (κ2) is 6.21. The molecule has 0 aromatic heterocycles. The molecule has 2 rings (SSSR count). The smallest absolute Gasteiger partial charge is 0.410 e. The van der Waals surface area contributed by atoms with E-state index >= 15 is 0 Å². The third-order valence-electron chi connectivity index (χ3n) is 2.90. The summed E-state index contributed by atoms with van der Waals surface area (Å²) in [6.45, 7) is 6.04. The number of nitrogens with zero attached hydrogens (tertiary/aromatic N) is 1. The van der Waals surface area contributed by atoms with Crippen molar-refractivity contribution in [1.82, 2.24) is 10.2 Å². The highest BCUT2D eigenvalue weighted by Gasteiger charge is 2.30. The van der Waals surface area contributed by atoms with Crippen molar-refractivity contribution >= 4 is 6.09 Å². The molecular weight excluding hydrogens is 228 g/mol. The highest BCUT2D eigenvalue weighted by Crippen LogP contribution is 2.10. The maximum atomic E-state index is 11.4. The fourth-order valence-electron chi connectivity index (χ4n) is 1.84. The largest absolute Gasteiger partial charge is 0.445 e. The van der Waals surface area contributed by atoms with Gasteiger partial charge >= 0.3 is 6.09 Å². The van der Waals surface area contributed by atoms with E-state index in [0.29, 0.717) is 19.1 Å². The summed E-state index contributed by atoms with van der Waals surface area (Å²) in [5, 5.41) is 3.41. The SMILES string of the molecule is C=CCOC(=O)N1CC(NCc2ccccc2)C1. The number of ether oxygens (including phenoxy) is 1. The minimum absolute atomic E-state index is 0.257. The van der Waals surface area contributed by atoms with E-state index in [1.807, 2.05) is 18.2 Å². The fourth-order valence-corrected chi connectivity index (χ4v) is 1.84. The number of carbonyl (C=O) groups excluding carboxylic acids is 1. The van der Waals surface area contributed by atoms with E-state index in [2.05, 4.69) is 24.0 Å². The molecule has 0 aliphatic carbocycles. The number of rotatable bonds is 5. The van der Waals surface area contributed by atoms with Gasteiger partial charge in [0.2, 0.25) is 0 Å². The molecule has 1 aromatic carbocycles. The molecule has 18 heavy (non-hydrogen) atoms. The fraction of sp³-hybridized carbons (Fsp3) is 0.357. The van der Waals surface area contributed by atoms with Gasteiger partial charge in [-0.15, -0.1) is 0 Å². The second-order valence-corrected chi connectivity index (χ2v) is 4.33. The first-order valence-electron chi connectivity index (χ1n) is 6.09. The minimum Gasteiger partial charge on any atom is -0.445 e. The van der Waals surface area contributed by atoms with E-state index in [1.54, 1.807) is 11.0 Å². The molecule has 0 radical (unpaired) electrons. The van der Waals surface area contributed by atoms with Crippen LogP contribution in [0, 0.1) is 0 Å². The summed E-state index contributed by atoms with van der Waals surface area (Å²) in [5.74, 6) is 0. The van der Waals surface area contributed by atoms with Crippen LogP contribution in [0.4, 0.5) is 4.79 Å². The molecule has 1 amide bonds. The standard InChI is InChI=1S/C14H18N2O2/c1-2-8-18-14(17)16-10-13(11-16)15-9-12-6-4-3-5-7-12/h2-7,13,15H,1,8-11H2. The Morgan fingerprint density at radius 1 is 1.44 bits per heavy atom. The Labute approximate surface area is 107 Å². The molecule has 1 fully saturated rings. The van der Waals surface area contributed by atoms with E-state index in [-0.39, 0.29) is 12.7 Å². The van der Waals surface area contributed by atoms with Gasteiger partial charge in [0.15, 0.2) is 0 Å². The van der Waals surface area contributed by atoms with Gasteiger partial charge in [0, 0.05) is 25.7 Å². The molecule has 4 nitrogen and oxygen atoms in total. The van der Waals surface area contributed by atoms with Crippen LogP contribution in [-0.4, -0.2) is 36.7 Å². The summed E-state index contributed by atoms with van der Waals surface area (Å²) < 4.78 is 4.95. The lowest BCUT2D eigenvalue weighted by Crippen LogP contribution is -2.59. The van der Waals surface area contributed by atoms with Crippen molar-refractivity contribution in [2.24, 2.45) is 0 Å². The highest BCUT2D eigenvalue weighted by atomic mass is 16.6. The van der Waals surface area contributed by atoms with Crippen molar-refractivity contribution in [2.45, 2.75) is 12.6 Å². The van der Waals surface area contributed by atoms with Gasteiger partial charge in [0.05, 0.1) is 0 Å². The summed E-state index contributed by atoms with van der Waals surface area (Å²) in [5.41, 5.74) is 1.25. The lowest BCUT2D eigenvalue weighted by molar-refractivity contribution is 0.0718. The quantitative estimate of drug-likeness (QED) is 0.805. The van der Waals surface area contributed by atoms with Crippen LogP contribution >= 0.6 is 0 Å². The monoisotopic (exact) mass is 246 g/mol. The van der Waals surface area contributed by atoms with Gasteiger partial charge < -0.3 is 15.0 Å². The van der Waals surface area contributed by atoms with Crippen LogP contribution in [0.3, 0.4) is 0 Å². The number of amides is 1. The van der Waals surface area contributed by atoms with Crippen LogP contribution in [0.25, 0.3) is 0 Å². The van der Waals surface area contributed by atoms with Crippen LogP contribution in [0.2, 0.25) is 0 Å². The normalized spacial score (nSPS) is 15.0. The van der Waals surface area contributed by atoms with Crippen molar-refractivity contribution in [3.63, 3.8) is 0 Å². The topological polar surface area (TPSA) is 41.6 Å². The third kappa shape index (κ3) is 3.34. The van der Waals surface area contributed by atoms with Gasteiger partial charge in [-0.3, -0.25) is 0 Å². The van der Waals surface area contributed by atoms with Gasteiger partial charge in [-0.05, 0) is 5.56 Å². The molecule has 96 valence electrons. The van der Waals surface area contributed by atoms with Crippen LogP contribution in [0.1, 0.15) is 5.56 Å². The predicted molar refractivity (Wildman–Crippen MR) is 70.2 cm³/mol. The number of hydrogen-bond donors (Lipinski definition) is 1. The van der Waals surface area contributed by atoms with Gasteiger partial charge in [0.25, 0.3) is 0 Å². The zero-order valence-electron chi connectivity index (χ0n) is 10.3. The Kier molecular flexibility index (Phi) is 4.36. The van der Waals surface area contributed by atoms with Crippen LogP contribution in [0.15, 0.2) is 43.0 Å². The number of nitrogens with one attached hydrogen (secondary N) is 1. The van der Waals surface area contributed by atoms with Crippen molar-refractivity contribution < 1.29 is 9.53 Å². The van der Waals surface area contributed by atoms with E-state index in [9.17, 15) is 4.79 Å². The molecule has 0 bridgehead atoms. The first-order chi connectivity index (χ1) is 8.79. The van der Waals surface area contributed by atoms with Crippen LogP contribution < -0.4 is 5.32 Å².